The van der Waals surface area contributed by atoms with E-state index >= 15 is 0 Å². The van der Waals surface area contributed by atoms with Crippen LogP contribution in [0.4, 0.5) is 0 Å². The lowest BCUT2D eigenvalue weighted by atomic mass is 10.1. The molecule has 0 saturated heterocycles. The van der Waals surface area contributed by atoms with Gasteiger partial charge in [0.15, 0.2) is 0 Å². The number of nitrogens with one attached hydrogen (secondary N) is 1. The molecule has 0 aliphatic carbocycles. The molecule has 2 rings (SSSR count). The summed E-state index contributed by atoms with van der Waals surface area (Å²) in [6, 6.07) is 12.2. The Hall–Kier alpha value is -2.53. The van der Waals surface area contributed by atoms with E-state index in [0.717, 1.165) is 11.1 Å². The Balaban J connectivity index is 1.99. The molecule has 0 aliphatic heterocycles. The molecule has 0 aliphatic rings. The summed E-state index contributed by atoms with van der Waals surface area (Å²) in [5.41, 5.74) is 1.98. The zero-order valence-corrected chi connectivity index (χ0v) is 14.2. The molecule has 0 heterocycles. The second-order valence-electron chi connectivity index (χ2n) is 5.11. The average Bonchev–Trinajstić information content (AvgIpc) is 2.61. The van der Waals surface area contributed by atoms with E-state index in [2.05, 4.69) is 5.32 Å². The summed E-state index contributed by atoms with van der Waals surface area (Å²) in [7, 11) is 2.79. The fraction of sp³-hybridized carbons (Fsp3) is 0.222. The van der Waals surface area contributed by atoms with Gasteiger partial charge in [0, 0.05) is 11.6 Å². The highest BCUT2D eigenvalue weighted by molar-refractivity contribution is 6.30. The molecule has 0 unspecified atom stereocenters. The normalized spacial score (nSPS) is 10.1. The monoisotopic (exact) mass is 347 g/mol. The molecule has 2 aromatic rings. The molecule has 126 valence electrons. The third-order valence-corrected chi connectivity index (χ3v) is 3.69. The molecule has 0 atom stereocenters. The zero-order valence-electron chi connectivity index (χ0n) is 13.5. The summed E-state index contributed by atoms with van der Waals surface area (Å²) < 4.78 is 9.87. The second kappa shape index (κ2) is 8.36. The van der Waals surface area contributed by atoms with Gasteiger partial charge in [-0.1, -0.05) is 29.8 Å². The Morgan fingerprint density at radius 1 is 1.04 bits per heavy atom. The Labute approximate surface area is 145 Å². The molecule has 2 aromatic carbocycles. The molecule has 24 heavy (non-hydrogen) atoms. The minimum absolute atomic E-state index is 0.118. The third-order valence-electron chi connectivity index (χ3n) is 3.44. The van der Waals surface area contributed by atoms with Gasteiger partial charge in [-0.2, -0.15) is 0 Å². The van der Waals surface area contributed by atoms with Crippen molar-refractivity contribution in [1.29, 1.82) is 0 Å². The van der Waals surface area contributed by atoms with Crippen molar-refractivity contribution >= 4 is 23.5 Å². The first-order valence-corrected chi connectivity index (χ1v) is 7.67. The fourth-order valence-electron chi connectivity index (χ4n) is 2.19. The first kappa shape index (κ1) is 17.8. The average molecular weight is 348 g/mol. The summed E-state index contributed by atoms with van der Waals surface area (Å²) in [4.78, 5) is 23.8. The van der Waals surface area contributed by atoms with Gasteiger partial charge < -0.3 is 14.8 Å². The number of esters is 1. The van der Waals surface area contributed by atoms with E-state index in [4.69, 9.17) is 21.1 Å². The van der Waals surface area contributed by atoms with E-state index in [1.165, 1.54) is 14.2 Å². The molecular weight excluding hydrogens is 330 g/mol. The van der Waals surface area contributed by atoms with Crippen LogP contribution in [0.1, 0.15) is 21.5 Å². The van der Waals surface area contributed by atoms with Crippen LogP contribution in [0.5, 0.6) is 5.75 Å². The zero-order chi connectivity index (χ0) is 17.5. The van der Waals surface area contributed by atoms with E-state index < -0.39 is 5.97 Å². The van der Waals surface area contributed by atoms with Gasteiger partial charge >= 0.3 is 5.97 Å². The maximum atomic E-state index is 12.0. The second-order valence-corrected chi connectivity index (χ2v) is 5.54. The third kappa shape index (κ3) is 4.73. The number of amides is 1. The van der Waals surface area contributed by atoms with Crippen molar-refractivity contribution in [3.05, 3.63) is 64.2 Å². The Kier molecular flexibility index (Phi) is 6.21. The van der Waals surface area contributed by atoms with Gasteiger partial charge in [-0.05, 0) is 35.4 Å². The van der Waals surface area contributed by atoms with Crippen LogP contribution >= 0.6 is 11.6 Å². The van der Waals surface area contributed by atoms with Crippen molar-refractivity contribution in [2.45, 2.75) is 13.0 Å². The van der Waals surface area contributed by atoms with Gasteiger partial charge in [-0.3, -0.25) is 4.79 Å². The van der Waals surface area contributed by atoms with Crippen molar-refractivity contribution in [1.82, 2.24) is 5.32 Å². The highest BCUT2D eigenvalue weighted by Crippen LogP contribution is 2.20. The highest BCUT2D eigenvalue weighted by atomic mass is 35.5. The van der Waals surface area contributed by atoms with E-state index in [1.54, 1.807) is 30.3 Å². The van der Waals surface area contributed by atoms with Crippen molar-refractivity contribution in [3.63, 3.8) is 0 Å². The summed E-state index contributed by atoms with van der Waals surface area (Å²) in [6.07, 6.45) is 0.261. The lowest BCUT2D eigenvalue weighted by molar-refractivity contribution is -0.120. The first-order chi connectivity index (χ1) is 11.5. The van der Waals surface area contributed by atoms with Crippen LogP contribution in [0, 0.1) is 0 Å². The number of rotatable bonds is 6. The van der Waals surface area contributed by atoms with E-state index in [-0.39, 0.29) is 12.3 Å². The number of hydrogen-bond acceptors (Lipinski definition) is 4. The van der Waals surface area contributed by atoms with Crippen LogP contribution in [-0.4, -0.2) is 26.1 Å². The molecular formula is C18H18ClNO4. The lowest BCUT2D eigenvalue weighted by Gasteiger charge is -2.10. The molecule has 0 bridgehead atoms. The number of carbonyl (C=O) groups is 2. The van der Waals surface area contributed by atoms with E-state index in [0.29, 0.717) is 22.9 Å². The summed E-state index contributed by atoms with van der Waals surface area (Å²) in [5, 5.41) is 3.45. The standard InChI is InChI=1S/C18H18ClNO4/c1-23-16-8-5-13(9-15(16)18(22)24-2)11-20-17(21)10-12-3-6-14(19)7-4-12/h3-9H,10-11H2,1-2H3,(H,20,21). The summed E-state index contributed by atoms with van der Waals surface area (Å²) in [5.74, 6) is -0.174. The largest absolute Gasteiger partial charge is 0.496 e. The Morgan fingerprint density at radius 2 is 1.71 bits per heavy atom. The van der Waals surface area contributed by atoms with Crippen molar-refractivity contribution < 1.29 is 19.1 Å². The molecule has 0 aromatic heterocycles. The molecule has 0 spiro atoms. The highest BCUT2D eigenvalue weighted by Gasteiger charge is 2.13. The molecule has 1 N–H and O–H groups in total. The Morgan fingerprint density at radius 3 is 2.33 bits per heavy atom. The minimum atomic E-state index is -0.485. The molecule has 0 radical (unpaired) electrons. The van der Waals surface area contributed by atoms with Crippen LogP contribution in [0.2, 0.25) is 5.02 Å². The molecule has 0 saturated carbocycles. The number of carbonyl (C=O) groups excluding carboxylic acids is 2. The number of hydrogen-bond donors (Lipinski definition) is 1. The van der Waals surface area contributed by atoms with Gasteiger partial charge in [0.1, 0.15) is 11.3 Å². The number of methoxy groups -OCH3 is 2. The minimum Gasteiger partial charge on any atom is -0.496 e. The number of halogens is 1. The molecule has 1 amide bonds. The van der Waals surface area contributed by atoms with Crippen LogP contribution in [0.15, 0.2) is 42.5 Å². The predicted molar refractivity (Wildman–Crippen MR) is 91.3 cm³/mol. The fourth-order valence-corrected chi connectivity index (χ4v) is 2.31. The van der Waals surface area contributed by atoms with E-state index in [1.807, 2.05) is 12.1 Å². The predicted octanol–water partition coefficient (Wildman–Crippen LogP) is 2.99. The maximum Gasteiger partial charge on any atom is 0.341 e. The van der Waals surface area contributed by atoms with Gasteiger partial charge in [-0.25, -0.2) is 4.79 Å². The van der Waals surface area contributed by atoms with Gasteiger partial charge in [0.25, 0.3) is 0 Å². The smallest absolute Gasteiger partial charge is 0.341 e. The van der Waals surface area contributed by atoms with Gasteiger partial charge in [0.05, 0.1) is 20.6 Å². The SMILES string of the molecule is COC(=O)c1cc(CNC(=O)Cc2ccc(Cl)cc2)ccc1OC. The molecule has 6 heteroatoms. The number of ether oxygens (including phenoxy) is 2. The van der Waals surface area contributed by atoms with E-state index in [9.17, 15) is 9.59 Å². The van der Waals surface area contributed by atoms with Crippen LogP contribution < -0.4 is 10.1 Å². The van der Waals surface area contributed by atoms with Crippen molar-refractivity contribution in [2.75, 3.05) is 14.2 Å². The first-order valence-electron chi connectivity index (χ1n) is 7.30. The maximum absolute atomic E-state index is 12.0. The Bertz CT molecular complexity index is 728. The lowest BCUT2D eigenvalue weighted by Crippen LogP contribution is -2.24. The number of benzene rings is 2. The topological polar surface area (TPSA) is 64.6 Å². The van der Waals surface area contributed by atoms with Gasteiger partial charge in [-0.15, -0.1) is 0 Å². The van der Waals surface area contributed by atoms with Crippen LogP contribution in [0.3, 0.4) is 0 Å². The molecule has 5 nitrogen and oxygen atoms in total. The summed E-state index contributed by atoms with van der Waals surface area (Å²) in [6.45, 7) is 0.306. The van der Waals surface area contributed by atoms with Crippen LogP contribution in [0.25, 0.3) is 0 Å². The van der Waals surface area contributed by atoms with Crippen molar-refractivity contribution in [2.24, 2.45) is 0 Å². The molecule has 0 fully saturated rings. The summed E-state index contributed by atoms with van der Waals surface area (Å²) >= 11 is 5.82. The quantitative estimate of drug-likeness (QED) is 0.816. The van der Waals surface area contributed by atoms with Crippen LogP contribution in [-0.2, 0) is 22.5 Å². The van der Waals surface area contributed by atoms with Crippen molar-refractivity contribution in [3.8, 4) is 5.75 Å². The van der Waals surface area contributed by atoms with Gasteiger partial charge in [0.2, 0.25) is 5.91 Å².